The molecule has 1 rings (SSSR count). The third kappa shape index (κ3) is 0.932. The minimum Gasteiger partial charge on any atom is -0.402 e. The summed E-state index contributed by atoms with van der Waals surface area (Å²) in [5, 5.41) is 0. The van der Waals surface area contributed by atoms with Crippen LogP contribution in [0.15, 0.2) is 0 Å². The third-order valence-electron chi connectivity index (χ3n) is 0.661. The Balaban J connectivity index is 2.09. The van der Waals surface area contributed by atoms with Gasteiger partial charge in [-0.1, -0.05) is 5.92 Å². The lowest BCUT2D eigenvalue weighted by atomic mass is 10.6. The summed E-state index contributed by atoms with van der Waals surface area (Å²) in [4.78, 5) is 0. The molecule has 0 spiro atoms. The zero-order chi connectivity index (χ0) is 5.82. The van der Waals surface area contributed by atoms with Crippen molar-refractivity contribution in [3.05, 3.63) is 0 Å². The van der Waals surface area contributed by atoms with Crippen LogP contribution in [0.25, 0.3) is 0 Å². The van der Waals surface area contributed by atoms with Crippen molar-refractivity contribution in [2.24, 2.45) is 0 Å². The molecule has 1 aliphatic heterocycles. The van der Waals surface area contributed by atoms with Crippen LogP contribution >= 0.6 is 0 Å². The summed E-state index contributed by atoms with van der Waals surface area (Å²) >= 11 is 0. The second-order valence-electron chi connectivity index (χ2n) is 1.21. The number of terminal acetylenes is 1. The summed E-state index contributed by atoms with van der Waals surface area (Å²) in [7, 11) is 0. The van der Waals surface area contributed by atoms with Gasteiger partial charge >= 0.3 is 0 Å². The van der Waals surface area contributed by atoms with Gasteiger partial charge in [0.2, 0.25) is 0 Å². The van der Waals surface area contributed by atoms with E-state index in [2.05, 4.69) is 22.7 Å². The molecule has 40 valence electrons. The Morgan fingerprint density at radius 2 is 2.62 bits per heavy atom. The van der Waals surface area contributed by atoms with Crippen LogP contribution in [0, 0.1) is 24.4 Å². The van der Waals surface area contributed by atoms with Gasteiger partial charge in [-0.3, -0.25) is 0 Å². The molecule has 0 aromatic rings. The molecule has 0 amide bonds. The van der Waals surface area contributed by atoms with E-state index >= 15 is 0 Å². The van der Waals surface area contributed by atoms with Gasteiger partial charge in [0, 0.05) is 5.92 Å². The first-order valence-corrected chi connectivity index (χ1v) is 2.15. The van der Waals surface area contributed by atoms with Crippen molar-refractivity contribution in [1.29, 1.82) is 0 Å². The summed E-state index contributed by atoms with van der Waals surface area (Å²) in [6, 6.07) is 0. The average Bonchev–Trinajstić information content (AvgIpc) is 1.63. The standard InChI is InChI=1S/C6H4O2/c1-2-4-7-6-3-5-8-6/h1,6H,4H2. The average molecular weight is 108 g/mol. The number of hydrogen-bond donors (Lipinski definition) is 0. The topological polar surface area (TPSA) is 18.5 Å². The number of hydrogen-bond acceptors (Lipinski definition) is 2. The van der Waals surface area contributed by atoms with Crippen molar-refractivity contribution in [3.63, 3.8) is 0 Å². The Labute approximate surface area is 47.8 Å². The van der Waals surface area contributed by atoms with Gasteiger partial charge in [-0.25, -0.2) is 0 Å². The van der Waals surface area contributed by atoms with Gasteiger partial charge in [0.25, 0.3) is 6.29 Å². The van der Waals surface area contributed by atoms with E-state index in [0.29, 0.717) is 0 Å². The summed E-state index contributed by atoms with van der Waals surface area (Å²) in [5.41, 5.74) is 0. The molecular weight excluding hydrogens is 104 g/mol. The van der Waals surface area contributed by atoms with Crippen molar-refractivity contribution in [3.8, 4) is 24.4 Å². The lowest BCUT2D eigenvalue weighted by molar-refractivity contribution is -0.0613. The zero-order valence-corrected chi connectivity index (χ0v) is 4.18. The lowest BCUT2D eigenvalue weighted by Gasteiger charge is -2.11. The third-order valence-corrected chi connectivity index (χ3v) is 0.661. The highest BCUT2D eigenvalue weighted by Gasteiger charge is 2.08. The molecule has 0 aromatic carbocycles. The molecule has 0 saturated carbocycles. The molecule has 1 atom stereocenters. The van der Waals surface area contributed by atoms with Gasteiger partial charge in [-0.2, -0.15) is 0 Å². The molecule has 1 heterocycles. The number of ether oxygens (including phenoxy) is 2. The highest BCUT2D eigenvalue weighted by molar-refractivity contribution is 5.06. The first-order valence-electron chi connectivity index (χ1n) is 2.15. The minimum atomic E-state index is -0.369. The molecule has 1 aliphatic rings. The molecule has 0 aromatic heterocycles. The van der Waals surface area contributed by atoms with E-state index in [0.717, 1.165) is 0 Å². The lowest BCUT2D eigenvalue weighted by Crippen LogP contribution is -2.18. The summed E-state index contributed by atoms with van der Waals surface area (Å²) in [6.07, 6.45) is 6.83. The Hall–Kier alpha value is -1.12. The van der Waals surface area contributed by atoms with Gasteiger partial charge in [-0.15, -0.1) is 6.42 Å². The monoisotopic (exact) mass is 108 g/mol. The van der Waals surface area contributed by atoms with Crippen molar-refractivity contribution in [2.75, 3.05) is 6.61 Å². The van der Waals surface area contributed by atoms with Gasteiger partial charge in [0.05, 0.1) is 0 Å². The van der Waals surface area contributed by atoms with Crippen LogP contribution in [-0.2, 0) is 9.47 Å². The van der Waals surface area contributed by atoms with Crippen LogP contribution in [0.2, 0.25) is 0 Å². The Kier molecular flexibility index (Phi) is 1.42. The predicted octanol–water partition coefficient (Wildman–Crippen LogP) is -0.0466. The van der Waals surface area contributed by atoms with E-state index in [1.165, 1.54) is 0 Å². The molecule has 2 heteroatoms. The maximum atomic E-state index is 4.88. The molecule has 0 N–H and O–H groups in total. The largest absolute Gasteiger partial charge is 0.402 e. The fraction of sp³-hybridized carbons (Fsp3) is 0.333. The second kappa shape index (κ2) is 2.26. The molecule has 0 bridgehead atoms. The summed E-state index contributed by atoms with van der Waals surface area (Å²) < 4.78 is 9.35. The zero-order valence-electron chi connectivity index (χ0n) is 4.18. The van der Waals surface area contributed by atoms with Crippen LogP contribution in [0.1, 0.15) is 0 Å². The second-order valence-corrected chi connectivity index (χ2v) is 1.21. The number of rotatable bonds is 2. The van der Waals surface area contributed by atoms with Gasteiger partial charge in [-0.05, 0) is 0 Å². The van der Waals surface area contributed by atoms with E-state index in [4.69, 9.17) is 11.2 Å². The van der Waals surface area contributed by atoms with Gasteiger partial charge in [0.1, 0.15) is 12.7 Å². The molecule has 0 aliphatic carbocycles. The fourth-order valence-corrected chi connectivity index (χ4v) is 0.307. The van der Waals surface area contributed by atoms with Crippen LogP contribution in [0.4, 0.5) is 0 Å². The fourth-order valence-electron chi connectivity index (χ4n) is 0.307. The predicted molar refractivity (Wildman–Crippen MR) is 27.4 cm³/mol. The van der Waals surface area contributed by atoms with Gasteiger partial charge in [0.15, 0.2) is 0 Å². The Morgan fingerprint density at radius 1 is 1.88 bits per heavy atom. The van der Waals surface area contributed by atoms with Crippen LogP contribution < -0.4 is 0 Å². The molecule has 2 nitrogen and oxygen atoms in total. The van der Waals surface area contributed by atoms with Crippen LogP contribution in [-0.4, -0.2) is 12.9 Å². The highest BCUT2D eigenvalue weighted by atomic mass is 16.7. The van der Waals surface area contributed by atoms with Crippen molar-refractivity contribution >= 4 is 0 Å². The summed E-state index contributed by atoms with van der Waals surface area (Å²) in [5.74, 6) is 4.89. The maximum Gasteiger partial charge on any atom is 0.279 e. The van der Waals surface area contributed by atoms with E-state index in [1.54, 1.807) is 0 Å². The van der Waals surface area contributed by atoms with Crippen LogP contribution in [0.5, 0.6) is 0 Å². The first kappa shape index (κ1) is 5.03. The maximum absolute atomic E-state index is 4.88. The Morgan fingerprint density at radius 3 is 3.00 bits per heavy atom. The Bertz CT molecular complexity index is 167. The normalized spacial score (nSPS) is 21.1. The van der Waals surface area contributed by atoms with E-state index < -0.39 is 0 Å². The molecule has 8 heavy (non-hydrogen) atoms. The van der Waals surface area contributed by atoms with Crippen LogP contribution in [0.3, 0.4) is 0 Å². The van der Waals surface area contributed by atoms with Crippen molar-refractivity contribution < 1.29 is 9.47 Å². The smallest absolute Gasteiger partial charge is 0.279 e. The molecule has 0 fully saturated rings. The minimum absolute atomic E-state index is 0.263. The van der Waals surface area contributed by atoms with E-state index in [9.17, 15) is 0 Å². The molecule has 1 unspecified atom stereocenters. The van der Waals surface area contributed by atoms with Gasteiger partial charge < -0.3 is 9.47 Å². The molecular formula is C6H4O2. The van der Waals surface area contributed by atoms with Crippen molar-refractivity contribution in [1.82, 2.24) is 0 Å². The SMILES string of the molecule is C#CCOC1C#CO1. The first-order chi connectivity index (χ1) is 3.93. The summed E-state index contributed by atoms with van der Waals surface area (Å²) in [6.45, 7) is 0.263. The van der Waals surface area contributed by atoms with E-state index in [-0.39, 0.29) is 12.9 Å². The quantitative estimate of drug-likeness (QED) is 0.462. The molecule has 0 saturated heterocycles. The van der Waals surface area contributed by atoms with Crippen molar-refractivity contribution in [2.45, 2.75) is 6.29 Å². The molecule has 0 radical (unpaired) electrons. The highest BCUT2D eigenvalue weighted by Crippen LogP contribution is 1.97. The van der Waals surface area contributed by atoms with E-state index in [1.807, 2.05) is 0 Å².